The standard InChI is InChI=1S/C26H28N3/c1-26(2,3)17-18-14-15-27(4)23(16-18)29-22-13-9-7-11-20(22)24-19-10-6-8-12-21(19)28(5)25(24)29/h6-16H,17H2,1-5H3/q+1/i17D2. The number of fused-ring (bicyclic) bond motifs is 5. The summed E-state index contributed by atoms with van der Waals surface area (Å²) in [6.07, 6.45) is 0.508. The van der Waals surface area contributed by atoms with Crippen molar-refractivity contribution in [2.45, 2.75) is 27.1 Å². The third-order valence-electron chi connectivity index (χ3n) is 5.57. The Morgan fingerprint density at radius 1 is 0.931 bits per heavy atom. The topological polar surface area (TPSA) is 13.7 Å². The van der Waals surface area contributed by atoms with E-state index in [4.69, 9.17) is 2.74 Å². The van der Waals surface area contributed by atoms with Crippen LogP contribution in [0.4, 0.5) is 0 Å². The second-order valence-corrected chi connectivity index (χ2v) is 8.89. The first-order chi connectivity index (χ1) is 14.6. The van der Waals surface area contributed by atoms with Crippen molar-refractivity contribution in [3.8, 4) is 5.82 Å². The summed E-state index contributed by atoms with van der Waals surface area (Å²) in [4.78, 5) is 0. The van der Waals surface area contributed by atoms with Crippen molar-refractivity contribution in [1.82, 2.24) is 9.13 Å². The zero-order valence-electron chi connectivity index (χ0n) is 19.7. The maximum Gasteiger partial charge on any atom is 0.288 e. The molecule has 0 saturated carbocycles. The zero-order chi connectivity index (χ0) is 22.1. The van der Waals surface area contributed by atoms with Crippen molar-refractivity contribution in [3.05, 3.63) is 72.4 Å². The van der Waals surface area contributed by atoms with Gasteiger partial charge in [0, 0.05) is 26.6 Å². The molecule has 29 heavy (non-hydrogen) atoms. The lowest BCUT2D eigenvalue weighted by atomic mass is 9.88. The Labute approximate surface area is 174 Å². The second kappa shape index (κ2) is 6.21. The molecule has 3 aromatic heterocycles. The number of aryl methyl sites for hydroxylation is 2. The number of hydrogen-bond donors (Lipinski definition) is 0. The van der Waals surface area contributed by atoms with Gasteiger partial charge in [0.15, 0.2) is 0 Å². The average molecular weight is 385 g/mol. The summed E-state index contributed by atoms with van der Waals surface area (Å²) < 4.78 is 24.2. The second-order valence-electron chi connectivity index (χ2n) is 8.89. The molecule has 3 nitrogen and oxygen atoms in total. The Bertz CT molecular complexity index is 1470. The van der Waals surface area contributed by atoms with Crippen molar-refractivity contribution < 1.29 is 7.31 Å². The van der Waals surface area contributed by atoms with Crippen LogP contribution in [0, 0.1) is 5.41 Å². The lowest BCUT2D eigenvalue weighted by molar-refractivity contribution is -0.665. The molecule has 5 aromatic rings. The number of nitrogens with zero attached hydrogens (tertiary/aromatic N) is 3. The molecule has 5 rings (SSSR count). The Morgan fingerprint density at radius 3 is 2.24 bits per heavy atom. The van der Waals surface area contributed by atoms with E-state index in [9.17, 15) is 0 Å². The zero-order valence-corrected chi connectivity index (χ0v) is 17.7. The summed E-state index contributed by atoms with van der Waals surface area (Å²) in [6, 6.07) is 20.9. The number of hydrogen-bond acceptors (Lipinski definition) is 0. The SMILES string of the molecule is [2H]C([2H])(c1cc[n+](C)c(-n2c3ccccc3c3c4ccccc4n(C)c32)c1)C(C)(C)C. The minimum absolute atomic E-state index is 0.516. The maximum atomic E-state index is 8.81. The van der Waals surface area contributed by atoms with Gasteiger partial charge in [0.25, 0.3) is 5.82 Å². The molecule has 3 heteroatoms. The molecular formula is C26H28N3+. The minimum Gasteiger partial charge on any atom is -0.311 e. The van der Waals surface area contributed by atoms with Crippen LogP contribution in [-0.2, 0) is 20.5 Å². The van der Waals surface area contributed by atoms with Crippen LogP contribution in [0.5, 0.6) is 0 Å². The largest absolute Gasteiger partial charge is 0.311 e. The van der Waals surface area contributed by atoms with Crippen LogP contribution < -0.4 is 4.57 Å². The summed E-state index contributed by atoms with van der Waals surface area (Å²) in [5.41, 5.74) is 3.61. The van der Waals surface area contributed by atoms with E-state index >= 15 is 0 Å². The molecule has 0 aliphatic rings. The van der Waals surface area contributed by atoms with Gasteiger partial charge in [-0.1, -0.05) is 51.1 Å². The average Bonchev–Trinajstić information content (AvgIpc) is 3.21. The molecule has 0 spiro atoms. The van der Waals surface area contributed by atoms with Gasteiger partial charge in [0.05, 0.1) is 24.1 Å². The number of benzene rings is 2. The van der Waals surface area contributed by atoms with E-state index in [1.807, 2.05) is 46.1 Å². The van der Waals surface area contributed by atoms with E-state index in [2.05, 4.69) is 69.3 Å². The summed E-state index contributed by atoms with van der Waals surface area (Å²) in [6.45, 7) is 5.85. The molecule has 0 atom stereocenters. The number of aromatic nitrogens is 3. The highest BCUT2D eigenvalue weighted by Gasteiger charge is 2.26. The fraction of sp³-hybridized carbons (Fsp3) is 0.269. The number of rotatable bonds is 2. The quantitative estimate of drug-likeness (QED) is 0.347. The van der Waals surface area contributed by atoms with E-state index in [-0.39, 0.29) is 0 Å². The van der Waals surface area contributed by atoms with Crippen LogP contribution in [0.2, 0.25) is 0 Å². The van der Waals surface area contributed by atoms with E-state index in [1.54, 1.807) is 0 Å². The monoisotopic (exact) mass is 384 g/mol. The Kier molecular flexibility index (Phi) is 3.39. The predicted octanol–water partition coefficient (Wildman–Crippen LogP) is 5.69. The summed E-state index contributed by atoms with van der Waals surface area (Å²) in [5.74, 6) is 0.947. The van der Waals surface area contributed by atoms with Gasteiger partial charge in [-0.25, -0.2) is 4.57 Å². The van der Waals surface area contributed by atoms with Gasteiger partial charge in [-0.05, 0) is 41.6 Å². The fourth-order valence-electron chi connectivity index (χ4n) is 4.42. The Morgan fingerprint density at radius 2 is 1.55 bits per heavy atom. The van der Waals surface area contributed by atoms with E-state index in [0.29, 0.717) is 5.56 Å². The predicted molar refractivity (Wildman–Crippen MR) is 122 cm³/mol. The molecule has 0 saturated heterocycles. The van der Waals surface area contributed by atoms with Gasteiger partial charge >= 0.3 is 0 Å². The van der Waals surface area contributed by atoms with Crippen molar-refractivity contribution in [2.24, 2.45) is 19.5 Å². The molecule has 0 amide bonds. The van der Waals surface area contributed by atoms with Crippen LogP contribution in [-0.4, -0.2) is 9.13 Å². The summed E-state index contributed by atoms with van der Waals surface area (Å²) >= 11 is 0. The van der Waals surface area contributed by atoms with Crippen LogP contribution >= 0.6 is 0 Å². The lowest BCUT2D eigenvalue weighted by Gasteiger charge is -2.18. The summed E-state index contributed by atoms with van der Waals surface area (Å²) in [5, 5.41) is 3.68. The number of pyridine rings is 1. The molecule has 0 N–H and O–H groups in total. The molecule has 0 aliphatic carbocycles. The first-order valence-corrected chi connectivity index (χ1v) is 10.1. The van der Waals surface area contributed by atoms with Crippen molar-refractivity contribution >= 4 is 32.8 Å². The third-order valence-corrected chi connectivity index (χ3v) is 5.57. The van der Waals surface area contributed by atoms with Crippen LogP contribution in [0.25, 0.3) is 38.7 Å². The smallest absolute Gasteiger partial charge is 0.288 e. The van der Waals surface area contributed by atoms with Crippen LogP contribution in [0.3, 0.4) is 0 Å². The first kappa shape index (κ1) is 15.8. The first-order valence-electron chi connectivity index (χ1n) is 11.1. The van der Waals surface area contributed by atoms with Crippen LogP contribution in [0.15, 0.2) is 66.9 Å². The van der Waals surface area contributed by atoms with Gasteiger partial charge in [-0.3, -0.25) is 0 Å². The normalized spacial score (nSPS) is 14.0. The van der Waals surface area contributed by atoms with Gasteiger partial charge in [0.2, 0.25) is 5.65 Å². The third kappa shape index (κ3) is 2.76. The molecule has 3 heterocycles. The molecular weight excluding hydrogens is 354 g/mol. The molecule has 0 unspecified atom stereocenters. The molecule has 0 radical (unpaired) electrons. The number of para-hydroxylation sites is 2. The van der Waals surface area contributed by atoms with E-state index in [1.165, 1.54) is 21.7 Å². The maximum absolute atomic E-state index is 8.81. The highest BCUT2D eigenvalue weighted by Crippen LogP contribution is 2.38. The Balaban J connectivity index is 1.93. The van der Waals surface area contributed by atoms with Crippen molar-refractivity contribution in [2.75, 3.05) is 0 Å². The molecule has 146 valence electrons. The van der Waals surface area contributed by atoms with Gasteiger partial charge in [-0.2, -0.15) is 4.57 Å². The van der Waals surface area contributed by atoms with E-state index in [0.717, 1.165) is 17.0 Å². The van der Waals surface area contributed by atoms with Gasteiger partial charge < -0.3 is 4.57 Å². The van der Waals surface area contributed by atoms with Gasteiger partial charge in [0.1, 0.15) is 5.52 Å². The highest BCUT2D eigenvalue weighted by atomic mass is 15.2. The fourth-order valence-corrected chi connectivity index (χ4v) is 4.42. The van der Waals surface area contributed by atoms with Crippen molar-refractivity contribution in [3.63, 3.8) is 0 Å². The molecule has 0 aliphatic heterocycles. The van der Waals surface area contributed by atoms with Crippen molar-refractivity contribution in [1.29, 1.82) is 0 Å². The van der Waals surface area contributed by atoms with Gasteiger partial charge in [-0.15, -0.1) is 0 Å². The van der Waals surface area contributed by atoms with E-state index < -0.39 is 11.8 Å². The summed E-state index contributed by atoms with van der Waals surface area (Å²) in [7, 11) is 4.13. The molecule has 0 fully saturated rings. The molecule has 2 aromatic carbocycles. The lowest BCUT2D eigenvalue weighted by Crippen LogP contribution is -2.34. The minimum atomic E-state index is -1.46. The highest BCUT2D eigenvalue weighted by molar-refractivity contribution is 6.21. The van der Waals surface area contributed by atoms with Crippen LogP contribution in [0.1, 0.15) is 29.1 Å². The molecule has 0 bridgehead atoms. The Hall–Kier alpha value is -3.07.